The minimum absolute atomic E-state index is 0.0242. The summed E-state index contributed by atoms with van der Waals surface area (Å²) >= 11 is 5.68. The van der Waals surface area contributed by atoms with Crippen molar-refractivity contribution in [2.45, 2.75) is 19.8 Å². The number of amides is 1. The van der Waals surface area contributed by atoms with Crippen LogP contribution in [0.4, 0.5) is 4.39 Å². The number of piperidine rings is 1. The van der Waals surface area contributed by atoms with Crippen molar-refractivity contribution in [2.75, 3.05) is 19.7 Å². The predicted molar refractivity (Wildman–Crippen MR) is 76.7 cm³/mol. The molecule has 0 N–H and O–H groups in total. The molecule has 114 valence electrons. The summed E-state index contributed by atoms with van der Waals surface area (Å²) in [6.07, 6.45) is 1.39. The molecule has 0 bridgehead atoms. The van der Waals surface area contributed by atoms with Gasteiger partial charge in [-0.25, -0.2) is 4.39 Å². The molecule has 0 radical (unpaired) electrons. The van der Waals surface area contributed by atoms with E-state index in [0.717, 1.165) is 6.07 Å². The Labute approximate surface area is 127 Å². The number of nitrogens with zero attached hydrogens (tertiary/aromatic N) is 1. The van der Waals surface area contributed by atoms with E-state index in [1.54, 1.807) is 6.92 Å². The molecule has 0 unspecified atom stereocenters. The molecule has 1 amide bonds. The van der Waals surface area contributed by atoms with Gasteiger partial charge in [0.1, 0.15) is 5.82 Å². The second-order valence-corrected chi connectivity index (χ2v) is 5.40. The summed E-state index contributed by atoms with van der Waals surface area (Å²) in [5, 5.41) is 0.243. The molecule has 1 atom stereocenters. The molecule has 1 heterocycles. The highest BCUT2D eigenvalue weighted by Gasteiger charge is 2.30. The van der Waals surface area contributed by atoms with Gasteiger partial charge >= 0.3 is 5.97 Å². The minimum atomic E-state index is -0.647. The van der Waals surface area contributed by atoms with Crippen LogP contribution in [0.15, 0.2) is 18.2 Å². The zero-order chi connectivity index (χ0) is 15.4. The molecule has 0 aliphatic carbocycles. The van der Waals surface area contributed by atoms with E-state index in [4.69, 9.17) is 16.3 Å². The summed E-state index contributed by atoms with van der Waals surface area (Å²) in [5.74, 6) is -1.70. The van der Waals surface area contributed by atoms with Gasteiger partial charge in [-0.05, 0) is 38.0 Å². The Morgan fingerprint density at radius 2 is 2.24 bits per heavy atom. The highest BCUT2D eigenvalue weighted by atomic mass is 35.5. The SMILES string of the molecule is CCOC(=O)[C@H]1CCCN(C(=O)c2ccc(Cl)cc2F)C1. The molecule has 1 aliphatic rings. The quantitative estimate of drug-likeness (QED) is 0.806. The Morgan fingerprint density at radius 1 is 1.48 bits per heavy atom. The van der Waals surface area contributed by atoms with Crippen LogP contribution in [-0.4, -0.2) is 36.5 Å². The van der Waals surface area contributed by atoms with Gasteiger partial charge in [0.15, 0.2) is 0 Å². The minimum Gasteiger partial charge on any atom is -0.466 e. The maximum Gasteiger partial charge on any atom is 0.310 e. The first-order valence-electron chi connectivity index (χ1n) is 6.94. The standard InChI is InChI=1S/C15H17ClFNO3/c1-2-21-15(20)10-4-3-7-18(9-10)14(19)12-6-5-11(16)8-13(12)17/h5-6,8,10H,2-4,7,9H2,1H3/t10-/m0/s1. The second-order valence-electron chi connectivity index (χ2n) is 4.97. The van der Waals surface area contributed by atoms with Gasteiger partial charge in [-0.1, -0.05) is 11.6 Å². The van der Waals surface area contributed by atoms with E-state index in [2.05, 4.69) is 0 Å². The number of likely N-dealkylation sites (tertiary alicyclic amines) is 1. The molecule has 0 spiro atoms. The first-order chi connectivity index (χ1) is 10.0. The molecule has 0 aromatic heterocycles. The van der Waals surface area contributed by atoms with E-state index in [1.807, 2.05) is 0 Å². The molecule has 1 aromatic carbocycles. The first kappa shape index (κ1) is 15.8. The zero-order valence-corrected chi connectivity index (χ0v) is 12.5. The zero-order valence-electron chi connectivity index (χ0n) is 11.8. The number of hydrogen-bond donors (Lipinski definition) is 0. The third kappa shape index (κ3) is 3.73. The third-order valence-electron chi connectivity index (χ3n) is 3.49. The van der Waals surface area contributed by atoms with E-state index in [9.17, 15) is 14.0 Å². The fraction of sp³-hybridized carbons (Fsp3) is 0.467. The van der Waals surface area contributed by atoms with E-state index in [-0.39, 0.29) is 29.0 Å². The Hall–Kier alpha value is -1.62. The third-order valence-corrected chi connectivity index (χ3v) is 3.73. The highest BCUT2D eigenvalue weighted by Crippen LogP contribution is 2.22. The van der Waals surface area contributed by atoms with E-state index < -0.39 is 11.7 Å². The molecule has 1 saturated heterocycles. The molecule has 1 aliphatic heterocycles. The number of hydrogen-bond acceptors (Lipinski definition) is 3. The molecular formula is C15H17ClFNO3. The lowest BCUT2D eigenvalue weighted by atomic mass is 9.97. The Bertz CT molecular complexity index is 550. The van der Waals surface area contributed by atoms with Gasteiger partial charge in [0.2, 0.25) is 0 Å². The van der Waals surface area contributed by atoms with Crippen LogP contribution >= 0.6 is 11.6 Å². The summed E-state index contributed by atoms with van der Waals surface area (Å²) < 4.78 is 18.8. The Kier molecular flexibility index (Phi) is 5.17. The van der Waals surface area contributed by atoms with Gasteiger partial charge in [-0.15, -0.1) is 0 Å². The molecule has 2 rings (SSSR count). The van der Waals surface area contributed by atoms with Crippen LogP contribution in [0.25, 0.3) is 0 Å². The van der Waals surface area contributed by atoms with E-state index >= 15 is 0 Å². The van der Waals surface area contributed by atoms with Crippen LogP contribution in [-0.2, 0) is 9.53 Å². The highest BCUT2D eigenvalue weighted by molar-refractivity contribution is 6.30. The van der Waals surface area contributed by atoms with Gasteiger partial charge in [-0.2, -0.15) is 0 Å². The van der Waals surface area contributed by atoms with Crippen LogP contribution in [0, 0.1) is 11.7 Å². The van der Waals surface area contributed by atoms with Gasteiger partial charge in [0.25, 0.3) is 5.91 Å². The van der Waals surface area contributed by atoms with Crippen molar-refractivity contribution in [3.05, 3.63) is 34.6 Å². The summed E-state index contributed by atoms with van der Waals surface area (Å²) in [4.78, 5) is 25.6. The van der Waals surface area contributed by atoms with Crippen LogP contribution < -0.4 is 0 Å². The average Bonchev–Trinajstić information content (AvgIpc) is 2.47. The van der Waals surface area contributed by atoms with Gasteiger partial charge in [0.05, 0.1) is 18.1 Å². The van der Waals surface area contributed by atoms with Crippen LogP contribution in [0.1, 0.15) is 30.1 Å². The van der Waals surface area contributed by atoms with Crippen LogP contribution in [0.5, 0.6) is 0 Å². The lowest BCUT2D eigenvalue weighted by molar-refractivity contribution is -0.149. The van der Waals surface area contributed by atoms with Crippen molar-refractivity contribution in [2.24, 2.45) is 5.92 Å². The van der Waals surface area contributed by atoms with Crippen molar-refractivity contribution in [1.82, 2.24) is 4.90 Å². The van der Waals surface area contributed by atoms with Crippen LogP contribution in [0.3, 0.4) is 0 Å². The number of esters is 1. The second kappa shape index (κ2) is 6.89. The molecule has 1 aromatic rings. The maximum atomic E-state index is 13.8. The molecule has 21 heavy (non-hydrogen) atoms. The van der Waals surface area contributed by atoms with Crippen LogP contribution in [0.2, 0.25) is 5.02 Å². The fourth-order valence-corrected chi connectivity index (χ4v) is 2.61. The summed E-state index contributed by atoms with van der Waals surface area (Å²) in [5.41, 5.74) is -0.0242. The van der Waals surface area contributed by atoms with Crippen molar-refractivity contribution in [1.29, 1.82) is 0 Å². The van der Waals surface area contributed by atoms with E-state index in [1.165, 1.54) is 17.0 Å². The van der Waals surface area contributed by atoms with Crippen molar-refractivity contribution < 1.29 is 18.7 Å². The number of rotatable bonds is 3. The summed E-state index contributed by atoms with van der Waals surface area (Å²) in [7, 11) is 0. The first-order valence-corrected chi connectivity index (χ1v) is 7.31. The molecule has 0 saturated carbocycles. The number of halogens is 2. The lowest BCUT2D eigenvalue weighted by Crippen LogP contribution is -2.43. The predicted octanol–water partition coefficient (Wildman–Crippen LogP) is 2.89. The summed E-state index contributed by atoms with van der Waals surface area (Å²) in [6.45, 7) is 2.83. The lowest BCUT2D eigenvalue weighted by Gasteiger charge is -2.31. The monoisotopic (exact) mass is 313 g/mol. The fourth-order valence-electron chi connectivity index (χ4n) is 2.45. The molecular weight excluding hydrogens is 297 g/mol. The van der Waals surface area contributed by atoms with Gasteiger partial charge in [0, 0.05) is 18.1 Å². The van der Waals surface area contributed by atoms with Gasteiger partial charge in [-0.3, -0.25) is 9.59 Å². The largest absolute Gasteiger partial charge is 0.466 e. The van der Waals surface area contributed by atoms with Crippen molar-refractivity contribution in [3.8, 4) is 0 Å². The maximum absolute atomic E-state index is 13.8. The Morgan fingerprint density at radius 3 is 2.90 bits per heavy atom. The number of ether oxygens (including phenoxy) is 1. The van der Waals surface area contributed by atoms with Gasteiger partial charge < -0.3 is 9.64 Å². The Balaban J connectivity index is 2.10. The smallest absolute Gasteiger partial charge is 0.310 e. The van der Waals surface area contributed by atoms with Crippen molar-refractivity contribution >= 4 is 23.5 Å². The normalized spacial score (nSPS) is 18.4. The molecule has 1 fully saturated rings. The molecule has 6 heteroatoms. The molecule has 4 nitrogen and oxygen atoms in total. The average molecular weight is 314 g/mol. The topological polar surface area (TPSA) is 46.6 Å². The van der Waals surface area contributed by atoms with E-state index in [0.29, 0.717) is 26.0 Å². The number of carbonyl (C=O) groups is 2. The summed E-state index contributed by atoms with van der Waals surface area (Å²) in [6, 6.07) is 3.96. The number of benzene rings is 1. The van der Waals surface area contributed by atoms with Crippen molar-refractivity contribution in [3.63, 3.8) is 0 Å². The number of carbonyl (C=O) groups excluding carboxylic acids is 2.